The molecule has 0 spiro atoms. The van der Waals surface area contributed by atoms with Crippen LogP contribution in [-0.2, 0) is 4.65 Å². The first-order valence-corrected chi connectivity index (χ1v) is 14.6. The number of hydrogen-bond acceptors (Lipinski definition) is 3. The van der Waals surface area contributed by atoms with Crippen molar-refractivity contribution in [2.75, 3.05) is 0 Å². The Bertz CT molecular complexity index is 1800. The second-order valence-corrected chi connectivity index (χ2v) is 12.5. The lowest BCUT2D eigenvalue weighted by molar-refractivity contribution is -0.0893. The van der Waals surface area contributed by atoms with Crippen LogP contribution in [0.4, 0.5) is 0 Å². The van der Waals surface area contributed by atoms with E-state index in [1.807, 2.05) is 31.3 Å². The van der Waals surface area contributed by atoms with Gasteiger partial charge in [0.2, 0.25) is 0 Å². The monoisotopic (exact) mass is 540 g/mol. The van der Waals surface area contributed by atoms with Gasteiger partial charge in [-0.1, -0.05) is 91.0 Å². The van der Waals surface area contributed by atoms with Gasteiger partial charge < -0.3 is 9.76 Å². The summed E-state index contributed by atoms with van der Waals surface area (Å²) < 4.78 is 9.09. The smallest absolute Gasteiger partial charge is 0.310 e. The summed E-state index contributed by atoms with van der Waals surface area (Å²) >= 11 is 1.84. The molecule has 4 heteroatoms. The Morgan fingerprint density at radius 2 is 1.23 bits per heavy atom. The van der Waals surface area contributed by atoms with Crippen molar-refractivity contribution in [2.45, 2.75) is 38.9 Å². The maximum atomic E-state index is 10.8. The van der Waals surface area contributed by atoms with Crippen LogP contribution in [0.1, 0.15) is 27.7 Å². The molecule has 0 atom stereocenters. The van der Waals surface area contributed by atoms with E-state index >= 15 is 0 Å². The highest BCUT2D eigenvalue weighted by molar-refractivity contribution is 7.25. The summed E-state index contributed by atoms with van der Waals surface area (Å²) in [5.41, 5.74) is 6.31. The van der Waals surface area contributed by atoms with E-state index in [1.54, 1.807) is 13.8 Å². The van der Waals surface area contributed by atoms with Crippen LogP contribution in [0.2, 0.25) is 0 Å². The van der Waals surface area contributed by atoms with E-state index in [2.05, 4.69) is 109 Å². The van der Waals surface area contributed by atoms with E-state index < -0.39 is 11.2 Å². The van der Waals surface area contributed by atoms with Gasteiger partial charge in [0.1, 0.15) is 0 Å². The van der Waals surface area contributed by atoms with Crippen LogP contribution >= 0.6 is 11.3 Å². The van der Waals surface area contributed by atoms with Gasteiger partial charge in [-0.3, -0.25) is 0 Å². The maximum Gasteiger partial charge on any atom is 0.310 e. The second-order valence-electron chi connectivity index (χ2n) is 11.5. The van der Waals surface area contributed by atoms with E-state index in [-0.39, 0.29) is 0 Å². The summed E-state index contributed by atoms with van der Waals surface area (Å²) in [4.78, 5) is 0. The minimum atomic E-state index is -0.995. The lowest BCUT2D eigenvalue weighted by Crippen LogP contribution is -2.49. The predicted molar refractivity (Wildman–Crippen MR) is 174 cm³/mol. The average molecular weight is 541 g/mol. The number of hydrogen-bond donors (Lipinski definition) is 1. The third kappa shape index (κ3) is 4.99. The Labute approximate surface area is 241 Å². The Balaban J connectivity index is 1.61. The molecule has 0 aliphatic carbocycles. The van der Waals surface area contributed by atoms with Crippen LogP contribution in [0.3, 0.4) is 0 Å². The van der Waals surface area contributed by atoms with Crippen molar-refractivity contribution >= 4 is 44.5 Å². The van der Waals surface area contributed by atoms with Crippen molar-refractivity contribution in [3.63, 3.8) is 0 Å². The van der Waals surface area contributed by atoms with Crippen molar-refractivity contribution in [1.82, 2.24) is 0 Å². The summed E-state index contributed by atoms with van der Waals surface area (Å²) in [5.74, 6) is 0. The van der Waals surface area contributed by atoms with Gasteiger partial charge in [-0.2, -0.15) is 0 Å². The molecular formula is C36H33BO2S. The second kappa shape index (κ2) is 10.4. The Kier molecular flexibility index (Phi) is 6.87. The Morgan fingerprint density at radius 1 is 0.600 bits per heavy atom. The maximum absolute atomic E-state index is 10.8. The molecule has 0 bridgehead atoms. The normalized spacial score (nSPS) is 12.2. The first-order valence-electron chi connectivity index (χ1n) is 13.8. The number of rotatable bonds is 7. The van der Waals surface area contributed by atoms with Crippen molar-refractivity contribution in [3.8, 4) is 33.4 Å². The SMILES string of the molecule is CC(C)(O)C(C)(C)OBc1cc(-c2ccccc2)cc(-c2ccc3sc4ccccc4c3c2)c1-c1ccccc1. The van der Waals surface area contributed by atoms with Crippen molar-refractivity contribution < 1.29 is 9.76 Å². The largest absolute Gasteiger partial charge is 0.427 e. The molecule has 6 aromatic rings. The zero-order chi connectivity index (χ0) is 27.9. The van der Waals surface area contributed by atoms with Crippen LogP contribution < -0.4 is 5.46 Å². The van der Waals surface area contributed by atoms with Gasteiger partial charge in [-0.15, -0.1) is 11.3 Å². The zero-order valence-electron chi connectivity index (χ0n) is 23.4. The molecule has 1 N–H and O–H groups in total. The molecule has 5 aromatic carbocycles. The van der Waals surface area contributed by atoms with E-state index in [1.165, 1.54) is 31.3 Å². The molecule has 0 fully saturated rings. The van der Waals surface area contributed by atoms with E-state index in [0.717, 1.165) is 27.7 Å². The van der Waals surface area contributed by atoms with Gasteiger partial charge in [0.15, 0.2) is 0 Å². The highest BCUT2D eigenvalue weighted by Crippen LogP contribution is 2.40. The summed E-state index contributed by atoms with van der Waals surface area (Å²) in [6, 6.07) is 41.2. The van der Waals surface area contributed by atoms with Gasteiger partial charge in [0.25, 0.3) is 0 Å². The summed E-state index contributed by atoms with van der Waals surface area (Å²) in [6.07, 6.45) is 0. The highest BCUT2D eigenvalue weighted by Gasteiger charge is 2.36. The van der Waals surface area contributed by atoms with Crippen LogP contribution in [0.15, 0.2) is 115 Å². The van der Waals surface area contributed by atoms with Gasteiger partial charge >= 0.3 is 7.48 Å². The molecule has 0 aliphatic heterocycles. The van der Waals surface area contributed by atoms with Crippen molar-refractivity contribution in [1.29, 1.82) is 0 Å². The first-order chi connectivity index (χ1) is 19.2. The van der Waals surface area contributed by atoms with Gasteiger partial charge in [-0.25, -0.2) is 0 Å². The summed E-state index contributed by atoms with van der Waals surface area (Å²) in [6.45, 7) is 7.51. The standard InChI is InChI=1S/C36H33BO2S/c1-35(2,38)36(3,4)39-37-31-23-27(24-13-7-5-8-14-24)22-29(34(31)25-15-9-6-10-16-25)26-19-20-33-30(21-26)28-17-11-12-18-32(28)40-33/h5-23,37-38H,1-4H3. The summed E-state index contributed by atoms with van der Waals surface area (Å²) in [5, 5.41) is 13.4. The fourth-order valence-electron chi connectivity index (χ4n) is 5.12. The lowest BCUT2D eigenvalue weighted by atomic mass is 9.75. The van der Waals surface area contributed by atoms with Crippen molar-refractivity contribution in [2.24, 2.45) is 0 Å². The molecule has 2 nitrogen and oxygen atoms in total. The average Bonchev–Trinajstić information content (AvgIpc) is 3.34. The molecule has 0 unspecified atom stereocenters. The van der Waals surface area contributed by atoms with E-state index in [0.29, 0.717) is 7.48 Å². The van der Waals surface area contributed by atoms with Crippen molar-refractivity contribution in [3.05, 3.63) is 115 Å². The highest BCUT2D eigenvalue weighted by atomic mass is 32.1. The number of benzene rings is 5. The van der Waals surface area contributed by atoms with Crippen LogP contribution in [0, 0.1) is 0 Å². The first kappa shape index (κ1) is 26.5. The van der Waals surface area contributed by atoms with Gasteiger partial charge in [0.05, 0.1) is 11.2 Å². The minimum absolute atomic E-state index is 0.374. The molecule has 198 valence electrons. The fourth-order valence-corrected chi connectivity index (χ4v) is 6.20. The molecule has 1 aromatic heterocycles. The molecule has 0 radical (unpaired) electrons. The summed E-state index contributed by atoms with van der Waals surface area (Å²) in [7, 11) is 0.374. The molecular weight excluding hydrogens is 507 g/mol. The number of thiophene rings is 1. The Morgan fingerprint density at radius 3 is 1.93 bits per heavy atom. The molecule has 1 heterocycles. The minimum Gasteiger partial charge on any atom is -0.427 e. The molecule has 0 aliphatic rings. The van der Waals surface area contributed by atoms with E-state index in [4.69, 9.17) is 4.65 Å². The molecule has 40 heavy (non-hydrogen) atoms. The number of aliphatic hydroxyl groups is 1. The molecule has 6 rings (SSSR count). The molecule has 0 saturated carbocycles. The van der Waals surface area contributed by atoms with Crippen LogP contribution in [0.5, 0.6) is 0 Å². The molecule has 0 saturated heterocycles. The van der Waals surface area contributed by atoms with Crippen LogP contribution in [-0.4, -0.2) is 23.8 Å². The van der Waals surface area contributed by atoms with Crippen LogP contribution in [0.25, 0.3) is 53.6 Å². The Hall–Kier alpha value is -3.70. The molecule has 0 amide bonds. The third-order valence-corrected chi connectivity index (χ3v) is 9.29. The number of fused-ring (bicyclic) bond motifs is 3. The third-order valence-electron chi connectivity index (χ3n) is 8.14. The van der Waals surface area contributed by atoms with E-state index in [9.17, 15) is 5.11 Å². The zero-order valence-corrected chi connectivity index (χ0v) is 24.3. The fraction of sp³-hybridized carbons (Fsp3) is 0.167. The lowest BCUT2D eigenvalue weighted by Gasteiger charge is -2.38. The van der Waals surface area contributed by atoms with Gasteiger partial charge in [0, 0.05) is 20.2 Å². The quantitative estimate of drug-likeness (QED) is 0.206. The topological polar surface area (TPSA) is 29.5 Å². The predicted octanol–water partition coefficient (Wildman–Crippen LogP) is 8.60. The van der Waals surface area contributed by atoms with Gasteiger partial charge in [-0.05, 0) is 90.8 Å².